The fraction of sp³-hybridized carbons (Fsp3) is 0.567. The lowest BCUT2D eigenvalue weighted by Crippen LogP contribution is -2.56. The van der Waals surface area contributed by atoms with Crippen LogP contribution >= 0.6 is 0 Å². The predicted molar refractivity (Wildman–Crippen MR) is 150 cm³/mol. The van der Waals surface area contributed by atoms with Crippen molar-refractivity contribution in [3.05, 3.63) is 49.6 Å². The zero-order chi connectivity index (χ0) is 29.4. The molecule has 0 aliphatic carbocycles. The van der Waals surface area contributed by atoms with E-state index in [0.717, 1.165) is 5.52 Å². The van der Waals surface area contributed by atoms with Crippen molar-refractivity contribution in [2.75, 3.05) is 26.3 Å². The Morgan fingerprint density at radius 2 is 2.02 bits per heavy atom. The summed E-state index contributed by atoms with van der Waals surface area (Å²) in [6.07, 6.45) is 5.49. The molecule has 1 N–H and O–H groups in total. The van der Waals surface area contributed by atoms with E-state index in [0.29, 0.717) is 37.7 Å². The van der Waals surface area contributed by atoms with Crippen LogP contribution in [0.15, 0.2) is 49.6 Å². The smallest absolute Gasteiger partial charge is 0.313 e. The highest BCUT2D eigenvalue weighted by Gasteiger charge is 2.80. The standard InChI is InChI=1S/C30H39N5O6/c1-5-14-33(19-35-22-13-9-8-12-21(22)31-32-35)27(38)25-30-18-20(3)29(4,41-30)24(28(39)40-17-6-2)23(30)26(37)34(25)15-10-7-11-16-36/h5-6,8-9,12-13,20,23-25,36H,1-2,7,10-11,14-19H2,3-4H3/t20?,23-,24-,25?,29+,30?/m0/s1. The van der Waals surface area contributed by atoms with Gasteiger partial charge in [-0.15, -0.1) is 11.7 Å². The normalized spacial score (nSPS) is 30.0. The largest absolute Gasteiger partial charge is 0.461 e. The second-order valence-corrected chi connectivity index (χ2v) is 11.5. The highest BCUT2D eigenvalue weighted by atomic mass is 16.6. The number of hydrogen-bond donors (Lipinski definition) is 1. The summed E-state index contributed by atoms with van der Waals surface area (Å²) in [5, 5.41) is 17.8. The summed E-state index contributed by atoms with van der Waals surface area (Å²) in [7, 11) is 0. The predicted octanol–water partition coefficient (Wildman–Crippen LogP) is 2.31. The number of fused-ring (bicyclic) bond motifs is 2. The molecule has 3 fully saturated rings. The molecule has 1 aromatic heterocycles. The molecule has 4 heterocycles. The number of carbonyl (C=O) groups excluding carboxylic acids is 3. The molecule has 3 aliphatic rings. The van der Waals surface area contributed by atoms with Crippen molar-refractivity contribution in [3.63, 3.8) is 0 Å². The molecule has 3 unspecified atom stereocenters. The summed E-state index contributed by atoms with van der Waals surface area (Å²) in [5.74, 6) is -2.85. The molecule has 11 heteroatoms. The van der Waals surface area contributed by atoms with Gasteiger partial charge in [0.05, 0.1) is 17.0 Å². The minimum absolute atomic E-state index is 0.0277. The van der Waals surface area contributed by atoms with E-state index in [9.17, 15) is 19.5 Å². The van der Waals surface area contributed by atoms with Gasteiger partial charge >= 0.3 is 5.97 Å². The fourth-order valence-corrected chi connectivity index (χ4v) is 7.15. The molecular formula is C30H39N5O6. The lowest BCUT2D eigenvalue weighted by Gasteiger charge is -2.37. The van der Waals surface area contributed by atoms with Crippen molar-refractivity contribution in [2.24, 2.45) is 17.8 Å². The van der Waals surface area contributed by atoms with E-state index in [1.165, 1.54) is 6.08 Å². The number of para-hydroxylation sites is 1. The molecule has 2 amide bonds. The molecule has 1 aromatic carbocycles. The zero-order valence-corrected chi connectivity index (χ0v) is 23.8. The third-order valence-electron chi connectivity index (χ3n) is 9.09. The molecule has 41 heavy (non-hydrogen) atoms. The third-order valence-corrected chi connectivity index (χ3v) is 9.09. The van der Waals surface area contributed by atoms with Crippen LogP contribution < -0.4 is 0 Å². The first-order valence-electron chi connectivity index (χ1n) is 14.3. The highest BCUT2D eigenvalue weighted by molar-refractivity contribution is 5.98. The number of unbranched alkanes of at least 4 members (excludes halogenated alkanes) is 2. The number of nitrogens with zero attached hydrogens (tertiary/aromatic N) is 5. The van der Waals surface area contributed by atoms with Gasteiger partial charge in [-0.3, -0.25) is 14.4 Å². The number of aromatic nitrogens is 3. The summed E-state index contributed by atoms with van der Waals surface area (Å²) in [6, 6.07) is 6.55. The molecule has 2 aromatic rings. The summed E-state index contributed by atoms with van der Waals surface area (Å²) in [6.45, 7) is 12.1. The maximum absolute atomic E-state index is 14.6. The molecule has 220 valence electrons. The Morgan fingerprint density at radius 1 is 1.24 bits per heavy atom. The number of amides is 2. The van der Waals surface area contributed by atoms with Crippen LogP contribution in [0.4, 0.5) is 0 Å². The average molecular weight is 566 g/mol. The van der Waals surface area contributed by atoms with Crippen LogP contribution in [0.5, 0.6) is 0 Å². The molecule has 6 atom stereocenters. The van der Waals surface area contributed by atoms with Crippen LogP contribution in [0.1, 0.15) is 39.5 Å². The Bertz CT molecular complexity index is 1340. The molecular weight excluding hydrogens is 526 g/mol. The van der Waals surface area contributed by atoms with Gasteiger partial charge in [-0.1, -0.05) is 43.0 Å². The van der Waals surface area contributed by atoms with Crippen molar-refractivity contribution in [3.8, 4) is 0 Å². The Kier molecular flexibility index (Phi) is 8.02. The van der Waals surface area contributed by atoms with Gasteiger partial charge in [0.2, 0.25) is 11.8 Å². The number of carbonyl (C=O) groups is 3. The van der Waals surface area contributed by atoms with Gasteiger partial charge in [0.1, 0.15) is 36.4 Å². The van der Waals surface area contributed by atoms with Crippen LogP contribution in [-0.2, 0) is 30.5 Å². The first kappa shape index (κ1) is 28.9. The number of benzene rings is 1. The first-order chi connectivity index (χ1) is 19.7. The minimum atomic E-state index is -1.18. The van der Waals surface area contributed by atoms with Gasteiger partial charge in [-0.25, -0.2) is 4.68 Å². The molecule has 3 saturated heterocycles. The molecule has 3 aliphatic heterocycles. The van der Waals surface area contributed by atoms with Crippen molar-refractivity contribution < 1.29 is 29.0 Å². The third kappa shape index (κ3) is 4.64. The SMILES string of the molecule is C=CCOC(=O)[C@@H]1[C@H]2C(=O)N(CCCCCO)C(C(=O)N(CC=C)Cn3nnc4ccccc43)C23CC(C)[C@@]1(C)O3. The van der Waals surface area contributed by atoms with E-state index in [1.54, 1.807) is 20.6 Å². The summed E-state index contributed by atoms with van der Waals surface area (Å²) >= 11 is 0. The van der Waals surface area contributed by atoms with E-state index in [2.05, 4.69) is 23.5 Å². The molecule has 0 saturated carbocycles. The van der Waals surface area contributed by atoms with E-state index >= 15 is 0 Å². The minimum Gasteiger partial charge on any atom is -0.461 e. The van der Waals surface area contributed by atoms with Crippen LogP contribution in [0.3, 0.4) is 0 Å². The fourth-order valence-electron chi connectivity index (χ4n) is 7.15. The van der Waals surface area contributed by atoms with Crippen LogP contribution in [0, 0.1) is 17.8 Å². The molecule has 2 bridgehead atoms. The number of aliphatic hydroxyl groups excluding tert-OH is 1. The van der Waals surface area contributed by atoms with Gasteiger partial charge in [-0.2, -0.15) is 0 Å². The van der Waals surface area contributed by atoms with Gasteiger partial charge in [-0.05, 0) is 50.7 Å². The van der Waals surface area contributed by atoms with Crippen molar-refractivity contribution >= 4 is 28.8 Å². The van der Waals surface area contributed by atoms with Crippen LogP contribution in [0.25, 0.3) is 11.0 Å². The zero-order valence-electron chi connectivity index (χ0n) is 23.8. The topological polar surface area (TPSA) is 127 Å². The summed E-state index contributed by atoms with van der Waals surface area (Å²) in [4.78, 5) is 45.4. The number of ether oxygens (including phenoxy) is 2. The second-order valence-electron chi connectivity index (χ2n) is 11.5. The second kappa shape index (κ2) is 11.4. The summed E-state index contributed by atoms with van der Waals surface area (Å²) < 4.78 is 13.9. The van der Waals surface area contributed by atoms with Gasteiger partial charge in [0, 0.05) is 19.7 Å². The number of aliphatic hydroxyl groups is 1. The van der Waals surface area contributed by atoms with E-state index in [4.69, 9.17) is 9.47 Å². The maximum atomic E-state index is 14.6. The molecule has 5 rings (SSSR count). The Hall–Kier alpha value is -3.57. The van der Waals surface area contributed by atoms with Gasteiger partial charge in [0.25, 0.3) is 0 Å². The first-order valence-corrected chi connectivity index (χ1v) is 14.3. The molecule has 1 spiro atoms. The molecule has 11 nitrogen and oxygen atoms in total. The van der Waals surface area contributed by atoms with Gasteiger partial charge in [0.15, 0.2) is 0 Å². The van der Waals surface area contributed by atoms with Crippen LogP contribution in [0.2, 0.25) is 0 Å². The monoisotopic (exact) mass is 565 g/mol. The lowest BCUT2D eigenvalue weighted by molar-refractivity contribution is -0.161. The van der Waals surface area contributed by atoms with Crippen molar-refractivity contribution in [1.82, 2.24) is 24.8 Å². The Labute approximate surface area is 239 Å². The molecule has 0 radical (unpaired) electrons. The maximum Gasteiger partial charge on any atom is 0.313 e. The number of rotatable bonds is 13. The van der Waals surface area contributed by atoms with Crippen LogP contribution in [-0.4, -0.2) is 91.2 Å². The van der Waals surface area contributed by atoms with Crippen molar-refractivity contribution in [2.45, 2.75) is 63.4 Å². The quantitative estimate of drug-likeness (QED) is 0.223. The van der Waals surface area contributed by atoms with Gasteiger partial charge < -0.3 is 24.4 Å². The van der Waals surface area contributed by atoms with E-state index in [1.807, 2.05) is 38.1 Å². The van der Waals surface area contributed by atoms with E-state index < -0.39 is 35.0 Å². The van der Waals surface area contributed by atoms with Crippen molar-refractivity contribution in [1.29, 1.82) is 0 Å². The lowest BCUT2D eigenvalue weighted by atomic mass is 9.62. The number of hydrogen-bond acceptors (Lipinski definition) is 8. The van der Waals surface area contributed by atoms with E-state index in [-0.39, 0.29) is 44.2 Å². The Balaban J connectivity index is 1.53. The Morgan fingerprint density at radius 3 is 2.76 bits per heavy atom. The number of likely N-dealkylation sites (tertiary alicyclic amines) is 1. The summed E-state index contributed by atoms with van der Waals surface area (Å²) in [5.41, 5.74) is -0.649. The highest BCUT2D eigenvalue weighted by Crippen LogP contribution is 2.65. The average Bonchev–Trinajstić information content (AvgIpc) is 3.63. The number of esters is 1.